The number of amides is 2. The van der Waals surface area contributed by atoms with Gasteiger partial charge in [0.25, 0.3) is 0 Å². The Kier molecular flexibility index (Phi) is 5.99. The molecule has 7 nitrogen and oxygen atoms in total. The predicted octanol–water partition coefficient (Wildman–Crippen LogP) is 1.96. The van der Waals surface area contributed by atoms with Gasteiger partial charge in [-0.05, 0) is 33.1 Å². The number of carbonyl (C=O) groups excluding carboxylic acids is 2. The fraction of sp³-hybridized carbons (Fsp3) is 0.706. The van der Waals surface area contributed by atoms with Crippen LogP contribution in [0.2, 0.25) is 0 Å². The van der Waals surface area contributed by atoms with E-state index < -0.39 is 5.60 Å². The number of ether oxygens (including phenoxy) is 1. The maximum absolute atomic E-state index is 12.3. The van der Waals surface area contributed by atoms with Crippen LogP contribution in [-0.2, 0) is 20.9 Å². The van der Waals surface area contributed by atoms with E-state index >= 15 is 0 Å². The minimum absolute atomic E-state index is 0.0508. The van der Waals surface area contributed by atoms with Gasteiger partial charge in [-0.15, -0.1) is 0 Å². The SMILES string of the molecule is CCn1ncc(NC(=O)CCC2(OC)CCCN(C(C)=O)C2)c1C. The second-order valence-electron chi connectivity index (χ2n) is 6.44. The Bertz CT molecular complexity index is 599. The molecule has 0 aliphatic carbocycles. The van der Waals surface area contributed by atoms with Crippen LogP contribution in [0.15, 0.2) is 6.20 Å². The Hall–Kier alpha value is -1.89. The Balaban J connectivity index is 1.93. The number of carbonyl (C=O) groups is 2. The van der Waals surface area contributed by atoms with Crippen LogP contribution in [0, 0.1) is 6.92 Å². The third kappa shape index (κ3) is 4.14. The van der Waals surface area contributed by atoms with Gasteiger partial charge in [-0.3, -0.25) is 14.3 Å². The van der Waals surface area contributed by atoms with Crippen molar-refractivity contribution in [1.82, 2.24) is 14.7 Å². The van der Waals surface area contributed by atoms with Gasteiger partial charge in [-0.1, -0.05) is 0 Å². The van der Waals surface area contributed by atoms with Gasteiger partial charge in [0.15, 0.2) is 0 Å². The van der Waals surface area contributed by atoms with Gasteiger partial charge in [0.2, 0.25) is 11.8 Å². The molecule has 0 spiro atoms. The summed E-state index contributed by atoms with van der Waals surface area (Å²) in [5.74, 6) is 0.00769. The van der Waals surface area contributed by atoms with Crippen molar-refractivity contribution in [3.63, 3.8) is 0 Å². The number of hydrogen-bond acceptors (Lipinski definition) is 4. The number of piperidine rings is 1. The molecule has 0 aromatic carbocycles. The third-order valence-electron chi connectivity index (χ3n) is 4.90. The van der Waals surface area contributed by atoms with Crippen LogP contribution in [0.3, 0.4) is 0 Å². The summed E-state index contributed by atoms with van der Waals surface area (Å²) in [6.07, 6.45) is 4.40. The first kappa shape index (κ1) is 18.4. The molecule has 1 aromatic heterocycles. The number of nitrogens with zero attached hydrogens (tertiary/aromatic N) is 3. The summed E-state index contributed by atoms with van der Waals surface area (Å²) in [4.78, 5) is 25.7. The highest BCUT2D eigenvalue weighted by Crippen LogP contribution is 2.29. The Morgan fingerprint density at radius 3 is 2.79 bits per heavy atom. The largest absolute Gasteiger partial charge is 0.376 e. The number of rotatable bonds is 6. The first-order valence-corrected chi connectivity index (χ1v) is 8.53. The van der Waals surface area contributed by atoms with Crippen molar-refractivity contribution in [1.29, 1.82) is 0 Å². The lowest BCUT2D eigenvalue weighted by molar-refractivity contribution is -0.139. The first-order chi connectivity index (χ1) is 11.4. The highest BCUT2D eigenvalue weighted by Gasteiger charge is 2.36. The quantitative estimate of drug-likeness (QED) is 0.861. The summed E-state index contributed by atoms with van der Waals surface area (Å²) in [6.45, 7) is 7.62. The smallest absolute Gasteiger partial charge is 0.224 e. The molecule has 1 aliphatic rings. The van der Waals surface area contributed by atoms with E-state index in [0.29, 0.717) is 19.4 Å². The minimum Gasteiger partial charge on any atom is -0.376 e. The van der Waals surface area contributed by atoms with Gasteiger partial charge in [-0.25, -0.2) is 0 Å². The van der Waals surface area contributed by atoms with Crippen molar-refractivity contribution in [3.05, 3.63) is 11.9 Å². The van der Waals surface area contributed by atoms with E-state index in [2.05, 4.69) is 10.4 Å². The van der Waals surface area contributed by atoms with E-state index in [1.165, 1.54) is 0 Å². The molecule has 1 aromatic rings. The van der Waals surface area contributed by atoms with Crippen LogP contribution >= 0.6 is 0 Å². The molecule has 24 heavy (non-hydrogen) atoms. The molecule has 1 N–H and O–H groups in total. The molecule has 1 unspecified atom stereocenters. The number of nitrogens with one attached hydrogen (secondary N) is 1. The number of methoxy groups -OCH3 is 1. The normalized spacial score (nSPS) is 20.9. The summed E-state index contributed by atoms with van der Waals surface area (Å²) in [7, 11) is 1.66. The minimum atomic E-state index is -0.427. The van der Waals surface area contributed by atoms with Crippen LogP contribution < -0.4 is 5.32 Å². The van der Waals surface area contributed by atoms with Gasteiger partial charge >= 0.3 is 0 Å². The maximum atomic E-state index is 12.3. The number of hydrogen-bond donors (Lipinski definition) is 1. The monoisotopic (exact) mass is 336 g/mol. The lowest BCUT2D eigenvalue weighted by Gasteiger charge is -2.41. The summed E-state index contributed by atoms with van der Waals surface area (Å²) < 4.78 is 7.56. The molecule has 2 rings (SSSR count). The van der Waals surface area contributed by atoms with Crippen LogP contribution in [0.5, 0.6) is 0 Å². The molecule has 134 valence electrons. The summed E-state index contributed by atoms with van der Waals surface area (Å²) >= 11 is 0. The molecule has 1 atom stereocenters. The summed E-state index contributed by atoms with van der Waals surface area (Å²) in [5.41, 5.74) is 1.28. The summed E-state index contributed by atoms with van der Waals surface area (Å²) in [6, 6.07) is 0. The molecule has 0 radical (unpaired) electrons. The lowest BCUT2D eigenvalue weighted by Crippen LogP contribution is -2.51. The van der Waals surface area contributed by atoms with Crippen LogP contribution in [0.25, 0.3) is 0 Å². The molecule has 0 saturated carbocycles. The third-order valence-corrected chi connectivity index (χ3v) is 4.90. The topological polar surface area (TPSA) is 76.5 Å². The van der Waals surface area contributed by atoms with Crippen molar-refractivity contribution in [2.24, 2.45) is 0 Å². The van der Waals surface area contributed by atoms with Crippen molar-refractivity contribution < 1.29 is 14.3 Å². The zero-order chi connectivity index (χ0) is 17.7. The van der Waals surface area contributed by atoms with Gasteiger partial charge < -0.3 is 15.0 Å². The Labute approximate surface area is 143 Å². The average molecular weight is 336 g/mol. The molecule has 1 saturated heterocycles. The van der Waals surface area contributed by atoms with Crippen LogP contribution in [0.4, 0.5) is 5.69 Å². The fourth-order valence-corrected chi connectivity index (χ4v) is 3.28. The average Bonchev–Trinajstić information content (AvgIpc) is 2.93. The van der Waals surface area contributed by atoms with Gasteiger partial charge in [0, 0.05) is 40.1 Å². The van der Waals surface area contributed by atoms with E-state index in [1.54, 1.807) is 25.1 Å². The first-order valence-electron chi connectivity index (χ1n) is 8.53. The lowest BCUT2D eigenvalue weighted by atomic mass is 9.87. The van der Waals surface area contributed by atoms with E-state index in [-0.39, 0.29) is 11.8 Å². The van der Waals surface area contributed by atoms with Crippen molar-refractivity contribution in [3.8, 4) is 0 Å². The highest BCUT2D eigenvalue weighted by atomic mass is 16.5. The predicted molar refractivity (Wildman–Crippen MR) is 91.7 cm³/mol. The second kappa shape index (κ2) is 7.79. The molecule has 0 bridgehead atoms. The van der Waals surface area contributed by atoms with Gasteiger partial charge in [0.05, 0.1) is 23.2 Å². The zero-order valence-corrected chi connectivity index (χ0v) is 15.1. The van der Waals surface area contributed by atoms with Crippen molar-refractivity contribution in [2.75, 3.05) is 25.5 Å². The standard InChI is InChI=1S/C17H28N4O3/c1-5-21-13(2)15(11-18-21)19-16(23)7-9-17(24-4)8-6-10-20(12-17)14(3)22/h11H,5-10,12H2,1-4H3,(H,19,23). The molecule has 1 aliphatic heterocycles. The molecular weight excluding hydrogens is 308 g/mol. The molecule has 2 amide bonds. The summed E-state index contributed by atoms with van der Waals surface area (Å²) in [5, 5.41) is 7.15. The number of anilines is 1. The Morgan fingerprint density at radius 1 is 1.46 bits per heavy atom. The highest BCUT2D eigenvalue weighted by molar-refractivity contribution is 5.91. The molecular formula is C17H28N4O3. The Morgan fingerprint density at radius 2 is 2.21 bits per heavy atom. The molecule has 1 fully saturated rings. The zero-order valence-electron chi connectivity index (χ0n) is 15.1. The second-order valence-corrected chi connectivity index (χ2v) is 6.44. The van der Waals surface area contributed by atoms with E-state index in [0.717, 1.165) is 37.3 Å². The fourth-order valence-electron chi connectivity index (χ4n) is 3.28. The van der Waals surface area contributed by atoms with Gasteiger partial charge in [0.1, 0.15) is 0 Å². The van der Waals surface area contributed by atoms with Crippen LogP contribution in [-0.4, -0.2) is 52.3 Å². The van der Waals surface area contributed by atoms with E-state index in [4.69, 9.17) is 4.74 Å². The number of likely N-dealkylation sites (tertiary alicyclic amines) is 1. The van der Waals surface area contributed by atoms with Crippen LogP contribution in [0.1, 0.15) is 45.2 Å². The molecule has 2 heterocycles. The van der Waals surface area contributed by atoms with E-state index in [1.807, 2.05) is 18.5 Å². The molecule has 7 heteroatoms. The van der Waals surface area contributed by atoms with Crippen molar-refractivity contribution >= 4 is 17.5 Å². The number of aromatic nitrogens is 2. The van der Waals surface area contributed by atoms with Crippen molar-refractivity contribution in [2.45, 2.75) is 58.6 Å². The van der Waals surface area contributed by atoms with Gasteiger partial charge in [-0.2, -0.15) is 5.10 Å². The number of aryl methyl sites for hydroxylation is 1. The van der Waals surface area contributed by atoms with E-state index in [9.17, 15) is 9.59 Å². The maximum Gasteiger partial charge on any atom is 0.224 e.